The fourth-order valence-corrected chi connectivity index (χ4v) is 4.19. The van der Waals surface area contributed by atoms with Crippen LogP contribution in [-0.2, 0) is 11.0 Å². The summed E-state index contributed by atoms with van der Waals surface area (Å²) in [6, 6.07) is 22.3. The Bertz CT molecular complexity index is 1460. The minimum atomic E-state index is -4.53. The van der Waals surface area contributed by atoms with Gasteiger partial charge in [0.15, 0.2) is 6.10 Å². The van der Waals surface area contributed by atoms with E-state index in [1.165, 1.54) is 6.07 Å². The number of alkyl halides is 3. The first-order chi connectivity index (χ1) is 18.3. The first kappa shape index (κ1) is 25.1. The summed E-state index contributed by atoms with van der Waals surface area (Å²) in [5.74, 6) is -0.378. The molecule has 0 spiro atoms. The van der Waals surface area contributed by atoms with Gasteiger partial charge >= 0.3 is 6.18 Å². The van der Waals surface area contributed by atoms with Crippen molar-refractivity contribution in [3.63, 3.8) is 0 Å². The van der Waals surface area contributed by atoms with E-state index in [2.05, 4.69) is 20.4 Å². The number of halogens is 3. The Morgan fingerprint density at radius 3 is 2.39 bits per heavy atom. The summed E-state index contributed by atoms with van der Waals surface area (Å²) in [7, 11) is 0. The van der Waals surface area contributed by atoms with Gasteiger partial charge in [-0.15, -0.1) is 0 Å². The molecule has 0 fully saturated rings. The molecule has 192 valence electrons. The molecule has 2 aromatic carbocycles. The molecular formula is C29H23F3N4O2. The van der Waals surface area contributed by atoms with Crippen LogP contribution in [0.15, 0.2) is 96.4 Å². The van der Waals surface area contributed by atoms with E-state index in [0.29, 0.717) is 23.3 Å². The molecule has 0 saturated heterocycles. The van der Waals surface area contributed by atoms with Crippen molar-refractivity contribution < 1.29 is 22.8 Å². The summed E-state index contributed by atoms with van der Waals surface area (Å²) in [5.41, 5.74) is 3.79. The molecule has 1 N–H and O–H groups in total. The molecule has 1 amide bonds. The number of carbonyl (C=O) groups is 1. The van der Waals surface area contributed by atoms with E-state index in [9.17, 15) is 18.0 Å². The quantitative estimate of drug-likeness (QED) is 0.317. The second kappa shape index (κ2) is 10.5. The minimum absolute atomic E-state index is 0.323. The highest BCUT2D eigenvalue weighted by Gasteiger charge is 2.32. The van der Waals surface area contributed by atoms with Gasteiger partial charge in [-0.05, 0) is 60.0 Å². The summed E-state index contributed by atoms with van der Waals surface area (Å²) >= 11 is 0. The fraction of sp³-hybridized carbons (Fsp3) is 0.172. The Hall–Kier alpha value is -4.53. The topological polar surface area (TPSA) is 76.5 Å². The van der Waals surface area contributed by atoms with E-state index in [-0.39, 0.29) is 12.0 Å². The lowest BCUT2D eigenvalue weighted by Crippen LogP contribution is -2.27. The van der Waals surface area contributed by atoms with Crippen molar-refractivity contribution in [2.75, 3.05) is 0 Å². The number of benzene rings is 2. The van der Waals surface area contributed by atoms with Gasteiger partial charge in [-0.25, -0.2) is 0 Å². The summed E-state index contributed by atoms with van der Waals surface area (Å²) in [4.78, 5) is 26.8. The molecule has 6 nitrogen and oxygen atoms in total. The molecule has 0 saturated carbocycles. The smallest absolute Gasteiger partial charge is 0.385 e. The highest BCUT2D eigenvalue weighted by atomic mass is 19.4. The maximum Gasteiger partial charge on any atom is 0.433 e. The molecular weight excluding hydrogens is 493 g/mol. The van der Waals surface area contributed by atoms with E-state index in [0.717, 1.165) is 34.6 Å². The second-order valence-electron chi connectivity index (χ2n) is 8.93. The van der Waals surface area contributed by atoms with Gasteiger partial charge in [0, 0.05) is 29.9 Å². The number of carbonyl (C=O) groups excluding carboxylic acids is 1. The van der Waals surface area contributed by atoms with E-state index in [1.54, 1.807) is 25.3 Å². The molecule has 1 aliphatic rings. The molecule has 2 aromatic heterocycles. The van der Waals surface area contributed by atoms with Crippen LogP contribution in [-0.4, -0.2) is 21.6 Å². The molecule has 38 heavy (non-hydrogen) atoms. The molecule has 1 unspecified atom stereocenters. The zero-order valence-electron chi connectivity index (χ0n) is 20.3. The molecule has 0 aliphatic carbocycles. The zero-order chi connectivity index (χ0) is 26.7. The Labute approximate surface area is 217 Å². The van der Waals surface area contributed by atoms with Gasteiger partial charge in [-0.1, -0.05) is 47.6 Å². The third-order valence-corrected chi connectivity index (χ3v) is 6.25. The normalized spacial score (nSPS) is 15.9. The van der Waals surface area contributed by atoms with Crippen molar-refractivity contribution in [3.8, 4) is 11.1 Å². The van der Waals surface area contributed by atoms with E-state index < -0.39 is 17.9 Å². The number of hydrogen-bond acceptors (Lipinski definition) is 5. The Morgan fingerprint density at radius 2 is 1.71 bits per heavy atom. The van der Waals surface area contributed by atoms with Crippen LogP contribution in [0.4, 0.5) is 13.2 Å². The fourth-order valence-electron chi connectivity index (χ4n) is 4.19. The summed E-state index contributed by atoms with van der Waals surface area (Å²) in [6.45, 7) is 1.69. The van der Waals surface area contributed by atoms with Gasteiger partial charge in [0.25, 0.3) is 5.91 Å². The average molecular weight is 517 g/mol. The number of nitrogens with one attached hydrogen (secondary N) is 1. The first-order valence-electron chi connectivity index (χ1n) is 12.0. The van der Waals surface area contributed by atoms with Crippen molar-refractivity contribution in [2.24, 2.45) is 5.16 Å². The molecule has 9 heteroatoms. The molecule has 0 bridgehead atoms. The number of aromatic nitrogens is 2. The van der Waals surface area contributed by atoms with Gasteiger partial charge in [0.05, 0.1) is 17.4 Å². The van der Waals surface area contributed by atoms with E-state index in [1.807, 2.05) is 54.6 Å². The van der Waals surface area contributed by atoms with Crippen LogP contribution in [0, 0.1) is 0 Å². The molecule has 3 heterocycles. The maximum atomic E-state index is 13.3. The molecule has 0 radical (unpaired) electrons. The largest absolute Gasteiger partial charge is 0.433 e. The number of hydrogen-bond donors (Lipinski definition) is 1. The lowest BCUT2D eigenvalue weighted by molar-refractivity contribution is -0.141. The van der Waals surface area contributed by atoms with E-state index in [4.69, 9.17) is 4.84 Å². The van der Waals surface area contributed by atoms with Crippen molar-refractivity contribution in [1.82, 2.24) is 15.3 Å². The van der Waals surface area contributed by atoms with Crippen LogP contribution in [0.2, 0.25) is 0 Å². The lowest BCUT2D eigenvalue weighted by Gasteiger charge is -2.16. The number of rotatable bonds is 6. The highest BCUT2D eigenvalue weighted by molar-refractivity contribution is 6.05. The van der Waals surface area contributed by atoms with Crippen molar-refractivity contribution in [2.45, 2.75) is 31.7 Å². The van der Waals surface area contributed by atoms with Gasteiger partial charge in [-0.2, -0.15) is 13.2 Å². The first-order valence-corrected chi connectivity index (χ1v) is 12.0. The standard InChI is InChI=1S/C29H23F3N4O2/c1-18(20-10-11-27(34-17-20)29(30,31)32)35-28(37)23-14-21(19-7-3-2-4-8-19)13-22(15-23)25-16-26(38-36-25)24-9-5-6-12-33-24/h2-15,17-18,26H,16H2,1H3,(H,35,37)/t18-,26?/m1/s1. The van der Waals surface area contributed by atoms with Crippen LogP contribution in [0.1, 0.15) is 58.4 Å². The lowest BCUT2D eigenvalue weighted by atomic mass is 9.95. The summed E-state index contributed by atoms with van der Waals surface area (Å²) in [6.07, 6.45) is -1.54. The van der Waals surface area contributed by atoms with E-state index >= 15 is 0 Å². The molecule has 2 atom stereocenters. The van der Waals surface area contributed by atoms with Crippen molar-refractivity contribution in [3.05, 3.63) is 119 Å². The van der Waals surface area contributed by atoms with Crippen LogP contribution in [0.5, 0.6) is 0 Å². The third kappa shape index (κ3) is 5.56. The predicted octanol–water partition coefficient (Wildman–Crippen LogP) is 6.52. The maximum absolute atomic E-state index is 13.3. The Kier molecular flexibility index (Phi) is 6.91. The number of amides is 1. The second-order valence-corrected chi connectivity index (χ2v) is 8.93. The predicted molar refractivity (Wildman–Crippen MR) is 136 cm³/mol. The Morgan fingerprint density at radius 1 is 0.947 bits per heavy atom. The number of pyridine rings is 2. The summed E-state index contributed by atoms with van der Waals surface area (Å²) in [5, 5.41) is 7.14. The van der Waals surface area contributed by atoms with Crippen LogP contribution in [0.3, 0.4) is 0 Å². The van der Waals surface area contributed by atoms with Gasteiger partial charge in [-0.3, -0.25) is 14.8 Å². The van der Waals surface area contributed by atoms with Gasteiger partial charge < -0.3 is 10.2 Å². The van der Waals surface area contributed by atoms with Gasteiger partial charge in [0.2, 0.25) is 0 Å². The average Bonchev–Trinajstić information content (AvgIpc) is 3.44. The Balaban J connectivity index is 1.41. The monoisotopic (exact) mass is 516 g/mol. The molecule has 5 rings (SSSR count). The van der Waals surface area contributed by atoms with Gasteiger partial charge in [0.1, 0.15) is 5.69 Å². The van der Waals surface area contributed by atoms with Crippen LogP contribution >= 0.6 is 0 Å². The number of nitrogens with zero attached hydrogens (tertiary/aromatic N) is 3. The minimum Gasteiger partial charge on any atom is -0.385 e. The highest BCUT2D eigenvalue weighted by Crippen LogP contribution is 2.31. The summed E-state index contributed by atoms with van der Waals surface area (Å²) < 4.78 is 38.6. The SMILES string of the molecule is C[C@@H](NC(=O)c1cc(C2=NOC(c3ccccn3)C2)cc(-c2ccccc2)c1)c1ccc(C(F)(F)F)nc1. The van der Waals surface area contributed by atoms with Crippen molar-refractivity contribution >= 4 is 11.6 Å². The molecule has 4 aromatic rings. The third-order valence-electron chi connectivity index (χ3n) is 6.25. The molecule has 1 aliphatic heterocycles. The van der Waals surface area contributed by atoms with Crippen LogP contribution < -0.4 is 5.32 Å². The van der Waals surface area contributed by atoms with Crippen molar-refractivity contribution in [1.29, 1.82) is 0 Å². The number of oxime groups is 1. The zero-order valence-corrected chi connectivity index (χ0v) is 20.3. The van der Waals surface area contributed by atoms with Crippen LogP contribution in [0.25, 0.3) is 11.1 Å².